The predicted octanol–water partition coefficient (Wildman–Crippen LogP) is 2.12. The first-order valence-electron chi connectivity index (χ1n) is 4.37. The largest absolute Gasteiger partial charge is 0.314 e. The third-order valence-electron chi connectivity index (χ3n) is 1.86. The van der Waals surface area contributed by atoms with E-state index in [1.165, 1.54) is 6.42 Å². The van der Waals surface area contributed by atoms with Crippen molar-refractivity contribution in [2.24, 2.45) is 5.92 Å². The highest BCUT2D eigenvalue weighted by Crippen LogP contribution is 2.11. The Morgan fingerprint density at radius 1 is 1.27 bits per heavy atom. The van der Waals surface area contributed by atoms with E-state index >= 15 is 0 Å². The van der Waals surface area contributed by atoms with E-state index in [0.717, 1.165) is 6.54 Å². The average molecular weight is 151 g/mol. The van der Waals surface area contributed by atoms with Gasteiger partial charge in [0.2, 0.25) is 0 Å². The van der Waals surface area contributed by atoms with Crippen LogP contribution < -0.4 is 5.32 Å². The van der Waals surface area contributed by atoms with Gasteiger partial charge in [-0.3, -0.25) is 0 Å². The second-order valence-electron chi connectivity index (χ2n) is 3.33. The van der Waals surface area contributed by atoms with Gasteiger partial charge in [0, 0.05) is 6.04 Å². The van der Waals surface area contributed by atoms with Gasteiger partial charge in [-0.2, -0.15) is 0 Å². The normalized spacial score (nSPS) is 17.0. The van der Waals surface area contributed by atoms with Gasteiger partial charge in [-0.05, 0) is 18.9 Å². The van der Waals surface area contributed by atoms with Gasteiger partial charge in [-0.25, -0.2) is 0 Å². The molecule has 62 valence electrons. The molecule has 0 bridgehead atoms. The van der Waals surface area contributed by atoms with Gasteiger partial charge in [0.15, 0.2) is 0 Å². The van der Waals surface area contributed by atoms with Crippen LogP contribution in [0.15, 0.2) is 24.3 Å². The summed E-state index contributed by atoms with van der Waals surface area (Å²) in [5.41, 5.74) is 0. The van der Waals surface area contributed by atoms with E-state index in [0.29, 0.717) is 12.0 Å². The lowest BCUT2D eigenvalue weighted by Gasteiger charge is -2.09. The van der Waals surface area contributed by atoms with Crippen LogP contribution in [0.4, 0.5) is 0 Å². The lowest BCUT2D eigenvalue weighted by molar-refractivity contribution is 0.548. The molecule has 0 aromatic rings. The summed E-state index contributed by atoms with van der Waals surface area (Å²) in [7, 11) is 0. The molecule has 0 aromatic carbocycles. The number of nitrogens with one attached hydrogen (secondary N) is 1. The minimum atomic E-state index is 0.615. The Morgan fingerprint density at radius 2 is 1.91 bits per heavy atom. The quantitative estimate of drug-likeness (QED) is 0.649. The zero-order valence-corrected chi connectivity index (χ0v) is 7.38. The summed E-state index contributed by atoms with van der Waals surface area (Å²) >= 11 is 0. The summed E-state index contributed by atoms with van der Waals surface area (Å²) in [5, 5.41) is 3.40. The van der Waals surface area contributed by atoms with E-state index in [2.05, 4.69) is 43.5 Å². The van der Waals surface area contributed by atoms with Crippen molar-refractivity contribution >= 4 is 0 Å². The first kappa shape index (κ1) is 8.54. The molecule has 0 saturated heterocycles. The lowest BCUT2D eigenvalue weighted by Crippen LogP contribution is -2.24. The molecule has 0 aromatic heterocycles. The van der Waals surface area contributed by atoms with Crippen molar-refractivity contribution in [3.63, 3.8) is 0 Å². The van der Waals surface area contributed by atoms with Crippen LogP contribution in [0.2, 0.25) is 0 Å². The summed E-state index contributed by atoms with van der Waals surface area (Å²) in [4.78, 5) is 0. The van der Waals surface area contributed by atoms with E-state index in [1.807, 2.05) is 0 Å². The molecule has 11 heavy (non-hydrogen) atoms. The standard InChI is InChI=1S/C10H17N/c1-9(2)11-8-7-10-5-3-4-6-10/h3-6,9-11H,7-8H2,1-2H3. The van der Waals surface area contributed by atoms with E-state index in [9.17, 15) is 0 Å². The van der Waals surface area contributed by atoms with Gasteiger partial charge < -0.3 is 5.32 Å². The maximum absolute atomic E-state index is 3.40. The number of rotatable bonds is 4. The van der Waals surface area contributed by atoms with E-state index in [1.54, 1.807) is 0 Å². The highest BCUT2D eigenvalue weighted by molar-refractivity contribution is 5.17. The molecule has 1 heteroatoms. The van der Waals surface area contributed by atoms with Crippen LogP contribution in [0.25, 0.3) is 0 Å². The molecule has 1 N–H and O–H groups in total. The van der Waals surface area contributed by atoms with Crippen molar-refractivity contribution in [2.45, 2.75) is 26.3 Å². The first-order valence-corrected chi connectivity index (χ1v) is 4.37. The number of hydrogen-bond donors (Lipinski definition) is 1. The fourth-order valence-corrected chi connectivity index (χ4v) is 1.21. The molecule has 0 fully saturated rings. The Balaban J connectivity index is 2.03. The molecule has 0 heterocycles. The molecule has 0 unspecified atom stereocenters. The predicted molar refractivity (Wildman–Crippen MR) is 49.5 cm³/mol. The van der Waals surface area contributed by atoms with Crippen molar-refractivity contribution in [1.82, 2.24) is 5.32 Å². The molecule has 1 aliphatic rings. The topological polar surface area (TPSA) is 12.0 Å². The average Bonchev–Trinajstić information content (AvgIpc) is 2.39. The summed E-state index contributed by atoms with van der Waals surface area (Å²) < 4.78 is 0. The van der Waals surface area contributed by atoms with E-state index in [-0.39, 0.29) is 0 Å². The monoisotopic (exact) mass is 151 g/mol. The summed E-state index contributed by atoms with van der Waals surface area (Å²) in [6.45, 7) is 5.48. The zero-order chi connectivity index (χ0) is 8.10. The maximum atomic E-state index is 3.40. The zero-order valence-electron chi connectivity index (χ0n) is 7.38. The molecule has 0 saturated carbocycles. The third kappa shape index (κ3) is 3.38. The van der Waals surface area contributed by atoms with Crippen LogP contribution in [0.1, 0.15) is 20.3 Å². The summed E-state index contributed by atoms with van der Waals surface area (Å²) in [5.74, 6) is 0.682. The molecule has 0 spiro atoms. The Hall–Kier alpha value is -0.560. The van der Waals surface area contributed by atoms with E-state index in [4.69, 9.17) is 0 Å². The molecule has 0 radical (unpaired) electrons. The van der Waals surface area contributed by atoms with Crippen molar-refractivity contribution in [3.8, 4) is 0 Å². The first-order chi connectivity index (χ1) is 5.29. The second-order valence-corrected chi connectivity index (χ2v) is 3.33. The molecule has 0 atom stereocenters. The fourth-order valence-electron chi connectivity index (χ4n) is 1.21. The van der Waals surface area contributed by atoms with Gasteiger partial charge in [-0.1, -0.05) is 38.2 Å². The van der Waals surface area contributed by atoms with Crippen LogP contribution >= 0.6 is 0 Å². The number of hydrogen-bond acceptors (Lipinski definition) is 1. The molecule has 1 nitrogen and oxygen atoms in total. The van der Waals surface area contributed by atoms with Crippen molar-refractivity contribution in [3.05, 3.63) is 24.3 Å². The molecule has 0 aliphatic heterocycles. The SMILES string of the molecule is CC(C)NCCC1C=CC=C1. The van der Waals surface area contributed by atoms with Crippen LogP contribution in [0.5, 0.6) is 0 Å². The molecule has 0 amide bonds. The van der Waals surface area contributed by atoms with Crippen LogP contribution in [-0.4, -0.2) is 12.6 Å². The molecular formula is C10H17N. The highest BCUT2D eigenvalue weighted by atomic mass is 14.9. The summed E-state index contributed by atoms with van der Waals surface area (Å²) in [6, 6.07) is 0.615. The second kappa shape index (κ2) is 4.35. The third-order valence-corrected chi connectivity index (χ3v) is 1.86. The Bertz CT molecular complexity index is 144. The fraction of sp³-hybridized carbons (Fsp3) is 0.600. The van der Waals surface area contributed by atoms with Gasteiger partial charge in [0.25, 0.3) is 0 Å². The number of allylic oxidation sites excluding steroid dienone is 4. The van der Waals surface area contributed by atoms with E-state index < -0.39 is 0 Å². The minimum Gasteiger partial charge on any atom is -0.314 e. The van der Waals surface area contributed by atoms with Gasteiger partial charge in [0.1, 0.15) is 0 Å². The Morgan fingerprint density at radius 3 is 2.45 bits per heavy atom. The smallest absolute Gasteiger partial charge is 0.00103 e. The van der Waals surface area contributed by atoms with Crippen LogP contribution in [0, 0.1) is 5.92 Å². The Labute approximate surface area is 69.2 Å². The van der Waals surface area contributed by atoms with Gasteiger partial charge in [0.05, 0.1) is 0 Å². The minimum absolute atomic E-state index is 0.615. The van der Waals surface area contributed by atoms with Gasteiger partial charge in [-0.15, -0.1) is 0 Å². The lowest BCUT2D eigenvalue weighted by atomic mass is 10.1. The summed E-state index contributed by atoms with van der Waals surface area (Å²) in [6.07, 6.45) is 9.98. The van der Waals surface area contributed by atoms with Crippen molar-refractivity contribution < 1.29 is 0 Å². The van der Waals surface area contributed by atoms with Gasteiger partial charge >= 0.3 is 0 Å². The van der Waals surface area contributed by atoms with Crippen LogP contribution in [-0.2, 0) is 0 Å². The molecule has 1 aliphatic carbocycles. The molecule has 1 rings (SSSR count). The van der Waals surface area contributed by atoms with Crippen molar-refractivity contribution in [2.75, 3.05) is 6.54 Å². The Kier molecular flexibility index (Phi) is 3.37. The van der Waals surface area contributed by atoms with Crippen molar-refractivity contribution in [1.29, 1.82) is 0 Å². The maximum Gasteiger partial charge on any atom is 0.00103 e. The molecular weight excluding hydrogens is 134 g/mol. The van der Waals surface area contributed by atoms with Crippen LogP contribution in [0.3, 0.4) is 0 Å². The highest BCUT2D eigenvalue weighted by Gasteiger charge is 2.02.